The van der Waals surface area contributed by atoms with Crippen molar-refractivity contribution in [2.75, 3.05) is 0 Å². The normalized spacial score (nSPS) is 9.86. The molecule has 0 aromatic rings. The van der Waals surface area contributed by atoms with Crippen LogP contribution >= 0.6 is 0 Å². The third kappa shape index (κ3) is 15.6. The van der Waals surface area contributed by atoms with Gasteiger partial charge in [0.2, 0.25) is 0 Å². The minimum absolute atomic E-state index is 0. The molecule has 0 rings (SSSR count). The predicted octanol–water partition coefficient (Wildman–Crippen LogP) is 4.22. The number of hydrogen-bond donors (Lipinski definition) is 0. The van der Waals surface area contributed by atoms with Crippen molar-refractivity contribution < 1.29 is 19.5 Å². The zero-order valence-corrected chi connectivity index (χ0v) is 14.8. The van der Waals surface area contributed by atoms with E-state index in [1.54, 1.807) is 0 Å². The molecule has 0 aliphatic heterocycles. The van der Waals surface area contributed by atoms with Crippen molar-refractivity contribution in [3.63, 3.8) is 0 Å². The van der Waals surface area contributed by atoms with Crippen molar-refractivity contribution >= 4 is 16.0 Å². The van der Waals surface area contributed by atoms with Crippen molar-refractivity contribution in [2.24, 2.45) is 0 Å². The molecule has 82 valence electrons. The Morgan fingerprint density at radius 3 is 1.36 bits per heavy atom. The quantitative estimate of drug-likeness (QED) is 0.418. The molecule has 0 radical (unpaired) electrons. The minimum atomic E-state index is 0. The summed E-state index contributed by atoms with van der Waals surface area (Å²) in [6, 6.07) is 0. The van der Waals surface area contributed by atoms with E-state index in [-0.39, 0.29) is 19.5 Å². The summed E-state index contributed by atoms with van der Waals surface area (Å²) in [6.07, 6.45) is 14.5. The molecule has 0 fully saturated rings. The van der Waals surface area contributed by atoms with Crippen molar-refractivity contribution in [2.45, 2.75) is 76.5 Å². The van der Waals surface area contributed by atoms with Crippen LogP contribution in [0.15, 0.2) is 0 Å². The van der Waals surface area contributed by atoms with Gasteiger partial charge < -0.3 is 0 Å². The maximum absolute atomic E-state index is 2.68. The summed E-state index contributed by atoms with van der Waals surface area (Å²) < 4.78 is 0. The zero-order valence-electron chi connectivity index (χ0n) is 9.93. The van der Waals surface area contributed by atoms with E-state index in [1.807, 2.05) is 0 Å². The van der Waals surface area contributed by atoms with Crippen LogP contribution < -0.4 is 0 Å². The van der Waals surface area contributed by atoms with Gasteiger partial charge in [-0.05, 0) is 0 Å². The third-order valence-electron chi connectivity index (χ3n) is 2.51. The summed E-state index contributed by atoms with van der Waals surface area (Å²) in [6.45, 7) is 2.28. The summed E-state index contributed by atoms with van der Waals surface area (Å²) in [5, 5.41) is 1.31. The molecule has 0 nitrogen and oxygen atoms in total. The number of rotatable bonds is 10. The number of hydrogen-bond acceptors (Lipinski definition) is 0. The first-order valence-electron chi connectivity index (χ1n) is 6.02. The Morgan fingerprint density at radius 2 is 1.00 bits per heavy atom. The SMILES string of the molecule is CCCCCCCCCCCC[SeH].[Zn]. The predicted molar refractivity (Wildman–Crippen MR) is 63.8 cm³/mol. The second-order valence-corrected chi connectivity index (χ2v) is 4.84. The Kier molecular flexibility index (Phi) is 20.8. The molecule has 0 heterocycles. The van der Waals surface area contributed by atoms with E-state index in [9.17, 15) is 0 Å². The van der Waals surface area contributed by atoms with Crippen LogP contribution in [0.5, 0.6) is 0 Å². The molecule has 0 spiro atoms. The summed E-state index contributed by atoms with van der Waals surface area (Å²) in [7, 11) is 0. The molecule has 0 saturated heterocycles. The Morgan fingerprint density at radius 1 is 0.643 bits per heavy atom. The van der Waals surface area contributed by atoms with Crippen LogP contribution in [-0.4, -0.2) is 16.0 Å². The molecule has 0 aliphatic carbocycles. The molecule has 0 aromatic heterocycles. The Bertz CT molecular complexity index is 76.4. The van der Waals surface area contributed by atoms with Crippen LogP contribution in [0, 0.1) is 0 Å². The van der Waals surface area contributed by atoms with Crippen LogP contribution in [0.4, 0.5) is 0 Å². The smallest absolute Gasteiger partial charge is 0 e. The van der Waals surface area contributed by atoms with Gasteiger partial charge in [-0.15, -0.1) is 0 Å². The van der Waals surface area contributed by atoms with Gasteiger partial charge >= 0.3 is 92.5 Å². The van der Waals surface area contributed by atoms with E-state index in [0.717, 1.165) is 0 Å². The molecular formula is C12H26SeZn. The first-order chi connectivity index (χ1) is 6.41. The zero-order chi connectivity index (χ0) is 9.78. The third-order valence-corrected chi connectivity index (χ3v) is 3.18. The molecular weight excluding hydrogens is 288 g/mol. The largest absolute Gasteiger partial charge is 0 e. The molecule has 0 saturated carbocycles. The standard InChI is InChI=1S/C12H26Se.Zn/c1-2-3-4-5-6-7-8-9-10-11-12-13;/h13H,2-12H2,1H3;. The van der Waals surface area contributed by atoms with Gasteiger partial charge in [0.05, 0.1) is 0 Å². The van der Waals surface area contributed by atoms with Gasteiger partial charge in [0.1, 0.15) is 0 Å². The Balaban J connectivity index is 0. The van der Waals surface area contributed by atoms with Gasteiger partial charge in [-0.2, -0.15) is 0 Å². The van der Waals surface area contributed by atoms with Gasteiger partial charge in [-0.3, -0.25) is 0 Å². The summed E-state index contributed by atoms with van der Waals surface area (Å²) in [5.41, 5.74) is 0. The van der Waals surface area contributed by atoms with Crippen LogP contribution in [0.2, 0.25) is 5.32 Å². The van der Waals surface area contributed by atoms with E-state index in [0.29, 0.717) is 0 Å². The maximum atomic E-state index is 2.68. The van der Waals surface area contributed by atoms with Crippen molar-refractivity contribution in [1.82, 2.24) is 0 Å². The van der Waals surface area contributed by atoms with Gasteiger partial charge in [-0.1, -0.05) is 0 Å². The van der Waals surface area contributed by atoms with Gasteiger partial charge in [-0.25, -0.2) is 0 Å². The Hall–Kier alpha value is 1.14. The molecule has 0 aromatic carbocycles. The summed E-state index contributed by atoms with van der Waals surface area (Å²) in [4.78, 5) is 0. The van der Waals surface area contributed by atoms with Gasteiger partial charge in [0.15, 0.2) is 0 Å². The maximum Gasteiger partial charge on any atom is 0 e. The van der Waals surface area contributed by atoms with Crippen molar-refractivity contribution in [1.29, 1.82) is 0 Å². The van der Waals surface area contributed by atoms with Crippen molar-refractivity contribution in [3.05, 3.63) is 0 Å². The summed E-state index contributed by atoms with van der Waals surface area (Å²) >= 11 is 2.68. The fourth-order valence-electron chi connectivity index (χ4n) is 1.60. The van der Waals surface area contributed by atoms with E-state index in [1.165, 1.54) is 69.5 Å². The summed E-state index contributed by atoms with van der Waals surface area (Å²) in [5.74, 6) is 0. The first-order valence-corrected chi connectivity index (χ1v) is 7.35. The van der Waals surface area contributed by atoms with E-state index < -0.39 is 0 Å². The molecule has 0 bridgehead atoms. The average molecular weight is 315 g/mol. The molecule has 0 amide bonds. The topological polar surface area (TPSA) is 0 Å². The van der Waals surface area contributed by atoms with Crippen LogP contribution in [0.25, 0.3) is 0 Å². The van der Waals surface area contributed by atoms with E-state index in [2.05, 4.69) is 22.9 Å². The fourth-order valence-corrected chi connectivity index (χ4v) is 2.07. The molecule has 0 unspecified atom stereocenters. The number of unbranched alkanes of at least 4 members (excludes halogenated alkanes) is 9. The van der Waals surface area contributed by atoms with E-state index in [4.69, 9.17) is 0 Å². The molecule has 14 heavy (non-hydrogen) atoms. The van der Waals surface area contributed by atoms with Crippen LogP contribution in [-0.2, 0) is 19.5 Å². The Labute approximate surface area is 112 Å². The van der Waals surface area contributed by atoms with Crippen molar-refractivity contribution in [3.8, 4) is 0 Å². The van der Waals surface area contributed by atoms with Crippen LogP contribution in [0.3, 0.4) is 0 Å². The second-order valence-electron chi connectivity index (χ2n) is 3.91. The molecule has 0 aliphatic rings. The fraction of sp³-hybridized carbons (Fsp3) is 1.00. The monoisotopic (exact) mass is 314 g/mol. The molecule has 0 atom stereocenters. The van der Waals surface area contributed by atoms with Gasteiger partial charge in [0.25, 0.3) is 0 Å². The van der Waals surface area contributed by atoms with Crippen LogP contribution in [0.1, 0.15) is 71.1 Å². The van der Waals surface area contributed by atoms with E-state index >= 15 is 0 Å². The van der Waals surface area contributed by atoms with Gasteiger partial charge in [0, 0.05) is 19.5 Å². The molecule has 0 N–H and O–H groups in total. The second kappa shape index (κ2) is 16.6. The average Bonchev–Trinajstić information content (AvgIpc) is 2.16. The minimum Gasteiger partial charge on any atom is 0 e. The first kappa shape index (κ1) is 17.5. The molecule has 2 heteroatoms.